The number of unbranched alkanes of at least 4 members (excludes halogenated alkanes) is 1. The molecule has 7 heteroatoms. The Morgan fingerprint density at radius 2 is 1.86 bits per heavy atom. The maximum atomic E-state index is 12.6. The predicted molar refractivity (Wildman–Crippen MR) is 121 cm³/mol. The molecule has 0 aliphatic carbocycles. The Kier molecular flexibility index (Phi) is 9.41. The van der Waals surface area contributed by atoms with Gasteiger partial charge in [-0.25, -0.2) is 8.42 Å². The zero-order valence-corrected chi connectivity index (χ0v) is 18.6. The highest BCUT2D eigenvalue weighted by molar-refractivity contribution is 7.92. The van der Waals surface area contributed by atoms with Crippen molar-refractivity contribution >= 4 is 33.4 Å². The standard InChI is InChI=1S/C21H33N3O2S2/c1-3-5-9-19(4-2)18-22-21(27)23-13-15-24(16-14-23)28(25,26)17-12-20-10-7-6-8-11-20/h6-8,10-12,17,19H,3-5,9,13-16,18H2,1-2H3,(H,22,27)/b17-12+/t19-/m1/s1. The molecule has 1 aliphatic heterocycles. The van der Waals surface area contributed by atoms with Crippen molar-refractivity contribution in [2.75, 3.05) is 32.7 Å². The fourth-order valence-corrected chi connectivity index (χ4v) is 4.69. The first-order valence-corrected chi connectivity index (χ1v) is 12.1. The molecule has 1 aliphatic rings. The summed E-state index contributed by atoms with van der Waals surface area (Å²) in [5.74, 6) is 0.641. The molecule has 1 atom stereocenters. The van der Waals surface area contributed by atoms with Crippen LogP contribution in [0.1, 0.15) is 45.1 Å². The fraction of sp³-hybridized carbons (Fsp3) is 0.571. The molecule has 28 heavy (non-hydrogen) atoms. The number of sulfonamides is 1. The zero-order chi connectivity index (χ0) is 20.4. The van der Waals surface area contributed by atoms with Gasteiger partial charge in [-0.1, -0.05) is 63.4 Å². The van der Waals surface area contributed by atoms with Crippen LogP contribution in [0.2, 0.25) is 0 Å². The second kappa shape index (κ2) is 11.5. The number of piperazine rings is 1. The molecule has 1 saturated heterocycles. The molecule has 1 aromatic rings. The Bertz CT molecular complexity index is 727. The molecule has 1 aromatic carbocycles. The lowest BCUT2D eigenvalue weighted by Crippen LogP contribution is -2.53. The lowest BCUT2D eigenvalue weighted by Gasteiger charge is -2.35. The van der Waals surface area contributed by atoms with E-state index in [1.54, 1.807) is 6.08 Å². The molecule has 156 valence electrons. The van der Waals surface area contributed by atoms with Crippen LogP contribution >= 0.6 is 12.2 Å². The first-order valence-electron chi connectivity index (χ1n) is 10.2. The van der Waals surface area contributed by atoms with Crippen molar-refractivity contribution in [3.8, 4) is 0 Å². The third-order valence-electron chi connectivity index (χ3n) is 5.20. The van der Waals surface area contributed by atoms with E-state index in [2.05, 4.69) is 24.1 Å². The van der Waals surface area contributed by atoms with Gasteiger partial charge in [-0.05, 0) is 36.2 Å². The molecule has 0 bridgehead atoms. The second-order valence-corrected chi connectivity index (χ2v) is 9.45. The predicted octanol–water partition coefficient (Wildman–Crippen LogP) is 3.70. The molecule has 0 saturated carbocycles. The van der Waals surface area contributed by atoms with Gasteiger partial charge in [-0.3, -0.25) is 0 Å². The molecule has 0 amide bonds. The Morgan fingerprint density at radius 3 is 2.46 bits per heavy atom. The van der Waals surface area contributed by atoms with Crippen LogP contribution in [0, 0.1) is 5.92 Å². The topological polar surface area (TPSA) is 52.6 Å². The highest BCUT2D eigenvalue weighted by atomic mass is 32.2. The van der Waals surface area contributed by atoms with Crippen LogP contribution in [-0.2, 0) is 10.0 Å². The molecule has 0 aromatic heterocycles. The van der Waals surface area contributed by atoms with E-state index in [0.717, 1.165) is 23.6 Å². The Morgan fingerprint density at radius 1 is 1.18 bits per heavy atom. The van der Waals surface area contributed by atoms with E-state index in [-0.39, 0.29) is 0 Å². The number of nitrogens with zero attached hydrogens (tertiary/aromatic N) is 2. The van der Waals surface area contributed by atoms with Gasteiger partial charge in [0.25, 0.3) is 0 Å². The lowest BCUT2D eigenvalue weighted by atomic mass is 9.99. The lowest BCUT2D eigenvalue weighted by molar-refractivity contribution is 0.264. The molecule has 0 radical (unpaired) electrons. The third-order valence-corrected chi connectivity index (χ3v) is 7.17. The van der Waals surface area contributed by atoms with Gasteiger partial charge in [0, 0.05) is 38.1 Å². The molecular formula is C21H33N3O2S2. The van der Waals surface area contributed by atoms with Gasteiger partial charge in [0.15, 0.2) is 5.11 Å². The zero-order valence-electron chi connectivity index (χ0n) is 17.0. The monoisotopic (exact) mass is 423 g/mol. The number of nitrogens with one attached hydrogen (secondary N) is 1. The third kappa shape index (κ3) is 7.18. The van der Waals surface area contributed by atoms with Gasteiger partial charge in [0.1, 0.15) is 0 Å². The summed E-state index contributed by atoms with van der Waals surface area (Å²) in [5.41, 5.74) is 0.878. The average Bonchev–Trinajstić information content (AvgIpc) is 2.73. The Balaban J connectivity index is 1.81. The minimum atomic E-state index is -3.41. The highest BCUT2D eigenvalue weighted by Gasteiger charge is 2.26. The smallest absolute Gasteiger partial charge is 0.236 e. The molecule has 1 heterocycles. The first kappa shape index (κ1) is 22.8. The van der Waals surface area contributed by atoms with Crippen LogP contribution in [-0.4, -0.2) is 55.5 Å². The Hall–Kier alpha value is -1.44. The van der Waals surface area contributed by atoms with Crippen LogP contribution in [0.3, 0.4) is 0 Å². The number of hydrogen-bond acceptors (Lipinski definition) is 3. The summed E-state index contributed by atoms with van der Waals surface area (Å²) in [6.45, 7) is 7.48. The molecule has 1 fully saturated rings. The second-order valence-electron chi connectivity index (χ2n) is 7.25. The van der Waals surface area contributed by atoms with Crippen LogP contribution < -0.4 is 5.32 Å². The molecule has 1 N–H and O–H groups in total. The summed E-state index contributed by atoms with van der Waals surface area (Å²) in [7, 11) is -3.41. The molecule has 0 unspecified atom stereocenters. The van der Waals surface area contributed by atoms with Gasteiger partial charge >= 0.3 is 0 Å². The van der Waals surface area contributed by atoms with E-state index in [0.29, 0.717) is 32.1 Å². The van der Waals surface area contributed by atoms with Crippen molar-refractivity contribution in [1.29, 1.82) is 0 Å². The maximum Gasteiger partial charge on any atom is 0.236 e. The van der Waals surface area contributed by atoms with E-state index in [1.807, 2.05) is 30.3 Å². The van der Waals surface area contributed by atoms with E-state index < -0.39 is 10.0 Å². The summed E-state index contributed by atoms with van der Waals surface area (Å²) in [6, 6.07) is 9.47. The average molecular weight is 424 g/mol. The van der Waals surface area contributed by atoms with Gasteiger partial charge in [-0.2, -0.15) is 4.31 Å². The first-order chi connectivity index (χ1) is 13.5. The van der Waals surface area contributed by atoms with Gasteiger partial charge < -0.3 is 10.2 Å². The van der Waals surface area contributed by atoms with Crippen molar-refractivity contribution < 1.29 is 8.42 Å². The number of hydrogen-bond donors (Lipinski definition) is 1. The summed E-state index contributed by atoms with van der Waals surface area (Å²) in [6.07, 6.45) is 6.49. The number of rotatable bonds is 9. The van der Waals surface area contributed by atoms with Crippen molar-refractivity contribution in [1.82, 2.24) is 14.5 Å². The van der Waals surface area contributed by atoms with Crippen LogP contribution in [0.25, 0.3) is 6.08 Å². The van der Waals surface area contributed by atoms with Crippen LogP contribution in [0.5, 0.6) is 0 Å². The van der Waals surface area contributed by atoms with Gasteiger partial charge in [0.05, 0.1) is 0 Å². The van der Waals surface area contributed by atoms with Crippen LogP contribution in [0.15, 0.2) is 35.7 Å². The largest absolute Gasteiger partial charge is 0.362 e. The van der Waals surface area contributed by atoms with E-state index in [1.165, 1.54) is 29.0 Å². The molecule has 5 nitrogen and oxygen atoms in total. The van der Waals surface area contributed by atoms with Crippen molar-refractivity contribution in [2.45, 2.75) is 39.5 Å². The Labute approximate surface area is 175 Å². The quantitative estimate of drug-likeness (QED) is 0.614. The van der Waals surface area contributed by atoms with Crippen molar-refractivity contribution in [2.24, 2.45) is 5.92 Å². The van der Waals surface area contributed by atoms with E-state index in [4.69, 9.17) is 12.2 Å². The molecule has 0 spiro atoms. The number of benzene rings is 1. The highest BCUT2D eigenvalue weighted by Crippen LogP contribution is 2.13. The van der Waals surface area contributed by atoms with Crippen molar-refractivity contribution in [3.05, 3.63) is 41.3 Å². The minimum Gasteiger partial charge on any atom is -0.362 e. The van der Waals surface area contributed by atoms with Crippen LogP contribution in [0.4, 0.5) is 0 Å². The summed E-state index contributed by atoms with van der Waals surface area (Å²) in [4.78, 5) is 2.08. The van der Waals surface area contributed by atoms with E-state index in [9.17, 15) is 8.42 Å². The maximum absolute atomic E-state index is 12.6. The molecule has 2 rings (SSSR count). The fourth-order valence-electron chi connectivity index (χ4n) is 3.25. The normalized spacial score (nSPS) is 17.0. The summed E-state index contributed by atoms with van der Waals surface area (Å²) >= 11 is 5.53. The number of thiocarbonyl (C=S) groups is 1. The van der Waals surface area contributed by atoms with Gasteiger partial charge in [0.2, 0.25) is 10.0 Å². The SMILES string of the molecule is CCCC[C@@H](CC)CNC(=S)N1CCN(S(=O)(=O)/C=C/c2ccccc2)CC1. The summed E-state index contributed by atoms with van der Waals surface area (Å²) in [5, 5.41) is 5.43. The van der Waals surface area contributed by atoms with Gasteiger partial charge in [-0.15, -0.1) is 0 Å². The minimum absolute atomic E-state index is 0.455. The van der Waals surface area contributed by atoms with Crippen molar-refractivity contribution in [3.63, 3.8) is 0 Å². The van der Waals surface area contributed by atoms with E-state index >= 15 is 0 Å². The molecular weight excluding hydrogens is 390 g/mol. The summed E-state index contributed by atoms with van der Waals surface area (Å²) < 4.78 is 26.7.